The summed E-state index contributed by atoms with van der Waals surface area (Å²) in [5, 5.41) is 0. The molecule has 0 spiro atoms. The van der Waals surface area contributed by atoms with Crippen LogP contribution in [0.5, 0.6) is 0 Å². The lowest BCUT2D eigenvalue weighted by atomic mass is 9.81. The summed E-state index contributed by atoms with van der Waals surface area (Å²) in [5.41, 5.74) is 0. The van der Waals surface area contributed by atoms with Crippen molar-refractivity contribution in [3.8, 4) is 0 Å². The van der Waals surface area contributed by atoms with Crippen molar-refractivity contribution in [1.29, 1.82) is 0 Å². The van der Waals surface area contributed by atoms with Crippen LogP contribution in [-0.4, -0.2) is 6.29 Å². The number of carbonyl (C=O) groups is 1. The lowest BCUT2D eigenvalue weighted by molar-refractivity contribution is -0.109. The number of hydrogen-bond donors (Lipinski definition) is 0. The highest BCUT2D eigenvalue weighted by atomic mass is 16.1. The third-order valence-electron chi connectivity index (χ3n) is 3.10. The molecule has 12 heavy (non-hydrogen) atoms. The molecule has 1 saturated carbocycles. The predicted molar refractivity (Wildman–Crippen MR) is 50.8 cm³/mol. The summed E-state index contributed by atoms with van der Waals surface area (Å²) in [6, 6.07) is 0. The van der Waals surface area contributed by atoms with Crippen LogP contribution < -0.4 is 0 Å². The summed E-state index contributed by atoms with van der Waals surface area (Å²) in [4.78, 5) is 10.5. The number of hydrogen-bond acceptors (Lipinski definition) is 1. The molecule has 1 heteroatoms. The first-order valence-corrected chi connectivity index (χ1v) is 5.03. The summed E-state index contributed by atoms with van der Waals surface area (Å²) in [6.07, 6.45) is 2.28. The molecule has 1 nitrogen and oxygen atoms in total. The fraction of sp³-hybridized carbons (Fsp3) is 0.909. The van der Waals surface area contributed by atoms with E-state index in [-0.39, 0.29) is 0 Å². The summed E-state index contributed by atoms with van der Waals surface area (Å²) in [5.74, 6) is 3.28. The van der Waals surface area contributed by atoms with E-state index in [0.717, 1.165) is 30.5 Å². The molecule has 1 fully saturated rings. The first kappa shape index (κ1) is 9.76. The molecule has 0 aromatic carbocycles. The molecule has 0 amide bonds. The minimum absolute atomic E-state index is 0.389. The van der Waals surface area contributed by atoms with Crippen LogP contribution in [0.25, 0.3) is 0 Å². The number of aldehydes is 1. The van der Waals surface area contributed by atoms with Crippen LogP contribution in [0, 0.1) is 29.6 Å². The van der Waals surface area contributed by atoms with Crippen LogP contribution in [0.1, 0.15) is 34.1 Å². The first-order chi connectivity index (χ1) is 5.57. The molecule has 0 radical (unpaired) electrons. The van der Waals surface area contributed by atoms with Crippen molar-refractivity contribution in [1.82, 2.24) is 0 Å². The van der Waals surface area contributed by atoms with E-state index in [0.29, 0.717) is 11.8 Å². The average molecular weight is 168 g/mol. The van der Waals surface area contributed by atoms with Gasteiger partial charge in [0, 0.05) is 5.92 Å². The van der Waals surface area contributed by atoms with Gasteiger partial charge >= 0.3 is 0 Å². The molecule has 1 aliphatic rings. The Labute approximate surface area is 75.5 Å². The van der Waals surface area contributed by atoms with Crippen molar-refractivity contribution in [2.75, 3.05) is 0 Å². The Hall–Kier alpha value is -0.330. The minimum Gasteiger partial charge on any atom is -0.303 e. The van der Waals surface area contributed by atoms with E-state index >= 15 is 0 Å². The summed E-state index contributed by atoms with van der Waals surface area (Å²) < 4.78 is 0. The SMILES string of the molecule is CC(C)C(C(C)C)[C@H]1C[C@@H]1C=O. The Morgan fingerprint density at radius 3 is 1.92 bits per heavy atom. The lowest BCUT2D eigenvalue weighted by Crippen LogP contribution is -2.18. The standard InChI is InChI=1S/C11H20O/c1-7(2)11(8(3)4)10-5-9(10)6-12/h6-11H,5H2,1-4H3/t9-,10+/m1/s1. The van der Waals surface area contributed by atoms with Crippen molar-refractivity contribution in [2.24, 2.45) is 29.6 Å². The van der Waals surface area contributed by atoms with Crippen LogP contribution in [0.15, 0.2) is 0 Å². The molecular weight excluding hydrogens is 148 g/mol. The molecule has 0 unspecified atom stereocenters. The summed E-state index contributed by atoms with van der Waals surface area (Å²) >= 11 is 0. The maximum atomic E-state index is 10.5. The van der Waals surface area contributed by atoms with Crippen molar-refractivity contribution in [3.05, 3.63) is 0 Å². The molecule has 0 heterocycles. The summed E-state index contributed by atoms with van der Waals surface area (Å²) in [7, 11) is 0. The summed E-state index contributed by atoms with van der Waals surface area (Å²) in [6.45, 7) is 9.07. The van der Waals surface area contributed by atoms with Gasteiger partial charge < -0.3 is 4.79 Å². The fourth-order valence-electron chi connectivity index (χ4n) is 2.59. The van der Waals surface area contributed by atoms with Gasteiger partial charge in [-0.15, -0.1) is 0 Å². The van der Waals surface area contributed by atoms with Gasteiger partial charge in [-0.25, -0.2) is 0 Å². The van der Waals surface area contributed by atoms with Gasteiger partial charge in [0.15, 0.2) is 0 Å². The Morgan fingerprint density at radius 2 is 1.67 bits per heavy atom. The molecule has 70 valence electrons. The Bertz CT molecular complexity index is 152. The third-order valence-corrected chi connectivity index (χ3v) is 3.10. The van der Waals surface area contributed by atoms with Crippen LogP contribution in [-0.2, 0) is 4.79 Å². The van der Waals surface area contributed by atoms with Crippen molar-refractivity contribution >= 4 is 6.29 Å². The van der Waals surface area contributed by atoms with E-state index in [9.17, 15) is 4.79 Å². The second-order valence-corrected chi connectivity index (χ2v) is 4.76. The number of rotatable bonds is 4. The fourth-order valence-corrected chi connectivity index (χ4v) is 2.59. The van der Waals surface area contributed by atoms with E-state index in [2.05, 4.69) is 27.7 Å². The van der Waals surface area contributed by atoms with Crippen molar-refractivity contribution < 1.29 is 4.79 Å². The van der Waals surface area contributed by atoms with Gasteiger partial charge in [0.25, 0.3) is 0 Å². The second kappa shape index (κ2) is 3.59. The number of carbonyl (C=O) groups excluding carboxylic acids is 1. The van der Waals surface area contributed by atoms with E-state index in [1.165, 1.54) is 0 Å². The third kappa shape index (κ3) is 1.88. The Balaban J connectivity index is 2.51. The van der Waals surface area contributed by atoms with Crippen LogP contribution in [0.3, 0.4) is 0 Å². The maximum Gasteiger partial charge on any atom is 0.123 e. The quantitative estimate of drug-likeness (QED) is 0.590. The van der Waals surface area contributed by atoms with Gasteiger partial charge in [-0.3, -0.25) is 0 Å². The minimum atomic E-state index is 0.389. The molecule has 1 aliphatic carbocycles. The van der Waals surface area contributed by atoms with Crippen LogP contribution in [0.4, 0.5) is 0 Å². The highest BCUT2D eigenvalue weighted by Gasteiger charge is 2.44. The smallest absolute Gasteiger partial charge is 0.123 e. The normalized spacial score (nSPS) is 28.6. The zero-order chi connectivity index (χ0) is 9.30. The predicted octanol–water partition coefficient (Wildman–Crippen LogP) is 2.75. The maximum absolute atomic E-state index is 10.5. The van der Waals surface area contributed by atoms with Gasteiger partial charge in [0.1, 0.15) is 6.29 Å². The van der Waals surface area contributed by atoms with E-state index < -0.39 is 0 Å². The molecule has 2 atom stereocenters. The van der Waals surface area contributed by atoms with E-state index in [1.54, 1.807) is 0 Å². The zero-order valence-electron chi connectivity index (χ0n) is 8.58. The Morgan fingerprint density at radius 1 is 1.17 bits per heavy atom. The molecule has 0 N–H and O–H groups in total. The molecule has 1 rings (SSSR count). The van der Waals surface area contributed by atoms with Gasteiger partial charge in [-0.05, 0) is 30.1 Å². The van der Waals surface area contributed by atoms with Gasteiger partial charge in [-0.2, -0.15) is 0 Å². The zero-order valence-corrected chi connectivity index (χ0v) is 8.58. The van der Waals surface area contributed by atoms with Crippen molar-refractivity contribution in [3.63, 3.8) is 0 Å². The first-order valence-electron chi connectivity index (χ1n) is 5.03. The molecule has 0 saturated heterocycles. The molecule has 0 aromatic rings. The van der Waals surface area contributed by atoms with Crippen molar-refractivity contribution in [2.45, 2.75) is 34.1 Å². The Kier molecular flexibility index (Phi) is 2.92. The van der Waals surface area contributed by atoms with E-state index in [4.69, 9.17) is 0 Å². The van der Waals surface area contributed by atoms with Crippen LogP contribution >= 0.6 is 0 Å². The molecule has 0 aromatic heterocycles. The lowest BCUT2D eigenvalue weighted by Gasteiger charge is -2.24. The highest BCUT2D eigenvalue weighted by molar-refractivity contribution is 5.58. The van der Waals surface area contributed by atoms with Crippen LogP contribution in [0.2, 0.25) is 0 Å². The topological polar surface area (TPSA) is 17.1 Å². The second-order valence-electron chi connectivity index (χ2n) is 4.76. The largest absolute Gasteiger partial charge is 0.303 e. The monoisotopic (exact) mass is 168 g/mol. The van der Waals surface area contributed by atoms with Gasteiger partial charge in [-0.1, -0.05) is 27.7 Å². The van der Waals surface area contributed by atoms with Gasteiger partial charge in [0.05, 0.1) is 0 Å². The molecule has 0 aliphatic heterocycles. The molecule has 0 bridgehead atoms. The molecular formula is C11H20O. The average Bonchev–Trinajstić information content (AvgIpc) is 2.65. The van der Waals surface area contributed by atoms with E-state index in [1.807, 2.05) is 0 Å². The van der Waals surface area contributed by atoms with Gasteiger partial charge in [0.2, 0.25) is 0 Å². The highest BCUT2D eigenvalue weighted by Crippen LogP contribution is 2.48.